The van der Waals surface area contributed by atoms with Crippen molar-refractivity contribution in [2.75, 3.05) is 18.5 Å². The average Bonchev–Trinajstić information content (AvgIpc) is 2.81. The fourth-order valence-corrected chi connectivity index (χ4v) is 2.75. The summed E-state index contributed by atoms with van der Waals surface area (Å²) in [4.78, 5) is 21.5. The van der Waals surface area contributed by atoms with E-state index >= 15 is 0 Å². The van der Waals surface area contributed by atoms with Crippen LogP contribution in [-0.4, -0.2) is 30.5 Å². The van der Waals surface area contributed by atoms with Crippen LogP contribution >= 0.6 is 15.9 Å². The van der Waals surface area contributed by atoms with Crippen LogP contribution in [0.3, 0.4) is 0 Å². The van der Waals surface area contributed by atoms with Gasteiger partial charge in [-0.1, -0.05) is 68.3 Å². The number of hydrogen-bond donors (Lipinski definition) is 0. The van der Waals surface area contributed by atoms with E-state index < -0.39 is 0 Å². The molecule has 0 amide bonds. The Bertz CT molecular complexity index is 514. The molecule has 0 bridgehead atoms. The fourth-order valence-electron chi connectivity index (χ4n) is 2.47. The second-order valence-corrected chi connectivity index (χ2v) is 8.23. The van der Waals surface area contributed by atoms with E-state index in [4.69, 9.17) is 11.2 Å². The smallest absolute Gasteiger partial charge is 0.305 e. The van der Waals surface area contributed by atoms with Gasteiger partial charge in [-0.2, -0.15) is 0 Å². The molecule has 0 heterocycles. The fraction of sp³-hybridized carbons (Fsp3) is 0.786. The van der Waals surface area contributed by atoms with Crippen LogP contribution in [0.1, 0.15) is 124 Å². The number of unbranched alkanes of at least 4 members (excludes halogenated alkanes) is 9. The molecule has 0 aromatic rings. The van der Waals surface area contributed by atoms with Crippen LogP contribution in [0.4, 0.5) is 0 Å². The van der Waals surface area contributed by atoms with Gasteiger partial charge < -0.3 is 9.47 Å². The van der Waals surface area contributed by atoms with Gasteiger partial charge in [-0.3, -0.25) is 9.59 Å². The molecule has 0 aromatic heterocycles. The molecule has 192 valence electrons. The lowest BCUT2D eigenvalue weighted by atomic mass is 10.1. The van der Waals surface area contributed by atoms with Gasteiger partial charge in [0.2, 0.25) is 0 Å². The molecule has 0 unspecified atom stereocenters. The van der Waals surface area contributed by atoms with Gasteiger partial charge in [-0.25, -0.2) is 0 Å². The van der Waals surface area contributed by atoms with Crippen LogP contribution in [0, 0.1) is 24.2 Å². The zero-order valence-corrected chi connectivity index (χ0v) is 23.4. The lowest BCUT2D eigenvalue weighted by molar-refractivity contribution is -0.144. The van der Waals surface area contributed by atoms with Crippen LogP contribution in [0.5, 0.6) is 0 Å². The Balaban J connectivity index is -0.000000449. The van der Waals surface area contributed by atoms with Crippen LogP contribution in [0.2, 0.25) is 0 Å². The van der Waals surface area contributed by atoms with E-state index in [0.717, 1.165) is 37.4 Å². The van der Waals surface area contributed by atoms with Gasteiger partial charge in [0.15, 0.2) is 0 Å². The highest BCUT2D eigenvalue weighted by Gasteiger charge is 1.99. The molecule has 0 saturated heterocycles. The number of alkyl halides is 1. The van der Waals surface area contributed by atoms with Crippen molar-refractivity contribution in [3.63, 3.8) is 0 Å². The van der Waals surface area contributed by atoms with Gasteiger partial charge in [0, 0.05) is 37.4 Å². The zero-order valence-electron chi connectivity index (χ0n) is 21.8. The van der Waals surface area contributed by atoms with Crippen molar-refractivity contribution in [3.8, 4) is 24.2 Å². The molecule has 0 aliphatic heterocycles. The van der Waals surface area contributed by atoms with Gasteiger partial charge in [-0.05, 0) is 39.5 Å². The summed E-state index contributed by atoms with van der Waals surface area (Å²) in [6.07, 6.45) is 20.8. The Labute approximate surface area is 213 Å². The maximum Gasteiger partial charge on any atom is 0.305 e. The van der Waals surface area contributed by atoms with E-state index in [1.54, 1.807) is 0 Å². The molecular formula is C28H49BrO4. The van der Waals surface area contributed by atoms with Crippen molar-refractivity contribution in [3.05, 3.63) is 0 Å². The van der Waals surface area contributed by atoms with Gasteiger partial charge in [0.25, 0.3) is 0 Å². The van der Waals surface area contributed by atoms with E-state index in [2.05, 4.69) is 52.3 Å². The summed E-state index contributed by atoms with van der Waals surface area (Å²) >= 11 is 3.22. The second-order valence-electron chi connectivity index (χ2n) is 7.44. The lowest BCUT2D eigenvalue weighted by Crippen LogP contribution is -2.03. The van der Waals surface area contributed by atoms with Crippen molar-refractivity contribution in [1.29, 1.82) is 0 Å². The maximum atomic E-state index is 11.0. The van der Waals surface area contributed by atoms with Gasteiger partial charge in [0.1, 0.15) is 0 Å². The van der Waals surface area contributed by atoms with Crippen LogP contribution in [-0.2, 0) is 19.1 Å². The number of halogens is 1. The number of terminal acetylenes is 1. The highest BCUT2D eigenvalue weighted by molar-refractivity contribution is 9.09. The Morgan fingerprint density at radius 2 is 1.12 bits per heavy atom. The van der Waals surface area contributed by atoms with Crippen LogP contribution < -0.4 is 0 Å². The third-order valence-electron chi connectivity index (χ3n) is 4.26. The van der Waals surface area contributed by atoms with Gasteiger partial charge in [0.05, 0.1) is 13.2 Å². The minimum absolute atomic E-state index is 0.100. The van der Waals surface area contributed by atoms with Crippen molar-refractivity contribution >= 4 is 27.9 Å². The van der Waals surface area contributed by atoms with Crippen molar-refractivity contribution < 1.29 is 19.1 Å². The van der Waals surface area contributed by atoms with E-state index in [0.29, 0.717) is 26.1 Å². The predicted molar refractivity (Wildman–Crippen MR) is 144 cm³/mol. The van der Waals surface area contributed by atoms with E-state index in [1.807, 2.05) is 13.8 Å². The number of ether oxygens (including phenoxy) is 2. The summed E-state index contributed by atoms with van der Waals surface area (Å²) in [6, 6.07) is 0. The number of esters is 2. The van der Waals surface area contributed by atoms with Crippen molar-refractivity contribution in [1.82, 2.24) is 0 Å². The Kier molecular flexibility index (Phi) is 38.5. The standard InChI is InChI=1S/C14H24O2.C8H14.C6H11BrO2/c1-3-5-6-7-8-9-10-11-12-13-14(15)16-4-2;1-3-5-7-8-6-4-2;1-2-9-6(8)4-3-5-7/h3-8,11-13H2,1-2H3;1H,4-8H2,2H3;2-5H2,1H3. The first-order chi connectivity index (χ1) is 16.0. The SMILES string of the molecule is C#CCCCCCC.CCCCCCC#CCCCC(=O)OCC.CCOC(=O)CCCBr. The monoisotopic (exact) mass is 528 g/mol. The van der Waals surface area contributed by atoms with Crippen LogP contribution in [0.25, 0.3) is 0 Å². The topological polar surface area (TPSA) is 52.6 Å². The average molecular weight is 530 g/mol. The first kappa shape index (κ1) is 36.1. The quantitative estimate of drug-likeness (QED) is 0.0880. The summed E-state index contributed by atoms with van der Waals surface area (Å²) in [5.74, 6) is 8.67. The summed E-state index contributed by atoms with van der Waals surface area (Å²) in [7, 11) is 0. The molecule has 0 atom stereocenters. The van der Waals surface area contributed by atoms with E-state index in [9.17, 15) is 9.59 Å². The largest absolute Gasteiger partial charge is 0.466 e. The first-order valence-corrected chi connectivity index (χ1v) is 13.9. The molecule has 33 heavy (non-hydrogen) atoms. The van der Waals surface area contributed by atoms with Crippen LogP contribution in [0.15, 0.2) is 0 Å². The third kappa shape index (κ3) is 41.3. The molecule has 0 aliphatic carbocycles. The third-order valence-corrected chi connectivity index (χ3v) is 4.82. The number of hydrogen-bond acceptors (Lipinski definition) is 4. The Morgan fingerprint density at radius 3 is 1.55 bits per heavy atom. The molecule has 5 heteroatoms. The molecule has 0 saturated carbocycles. The zero-order chi connectivity index (χ0) is 25.4. The Morgan fingerprint density at radius 1 is 0.667 bits per heavy atom. The highest BCUT2D eigenvalue weighted by atomic mass is 79.9. The number of carbonyl (C=O) groups excluding carboxylic acids is 2. The van der Waals surface area contributed by atoms with Gasteiger partial charge in [-0.15, -0.1) is 24.2 Å². The summed E-state index contributed by atoms with van der Waals surface area (Å²) in [5, 5.41) is 0.867. The summed E-state index contributed by atoms with van der Waals surface area (Å²) in [5.41, 5.74) is 0. The summed E-state index contributed by atoms with van der Waals surface area (Å²) in [6.45, 7) is 9.01. The molecule has 0 spiro atoms. The second kappa shape index (κ2) is 35.1. The normalized spacial score (nSPS) is 9.09. The molecular weight excluding hydrogens is 480 g/mol. The lowest BCUT2D eigenvalue weighted by Gasteiger charge is -1.98. The molecule has 0 aromatic carbocycles. The molecule has 0 N–H and O–H groups in total. The minimum Gasteiger partial charge on any atom is -0.466 e. The Hall–Kier alpha value is -1.46. The van der Waals surface area contributed by atoms with Crippen molar-refractivity contribution in [2.45, 2.75) is 124 Å². The summed E-state index contributed by atoms with van der Waals surface area (Å²) < 4.78 is 9.51. The van der Waals surface area contributed by atoms with E-state index in [1.165, 1.54) is 51.4 Å². The van der Waals surface area contributed by atoms with Crippen molar-refractivity contribution in [2.24, 2.45) is 0 Å². The number of rotatable bonds is 16. The maximum absolute atomic E-state index is 11.0. The molecule has 4 nitrogen and oxygen atoms in total. The predicted octanol–water partition coefficient (Wildman–Crippen LogP) is 8.01. The van der Waals surface area contributed by atoms with Gasteiger partial charge >= 0.3 is 11.9 Å². The number of carbonyl (C=O) groups is 2. The molecule has 0 fully saturated rings. The molecule has 0 aliphatic rings. The minimum atomic E-state index is -0.104. The molecule has 0 radical (unpaired) electrons. The first-order valence-electron chi connectivity index (χ1n) is 12.8. The molecule has 0 rings (SSSR count). The highest BCUT2D eigenvalue weighted by Crippen LogP contribution is 2.02. The van der Waals surface area contributed by atoms with E-state index in [-0.39, 0.29) is 11.9 Å².